The summed E-state index contributed by atoms with van der Waals surface area (Å²) in [4.78, 5) is 23.8. The Kier molecular flexibility index (Phi) is 4.80. The van der Waals surface area contributed by atoms with E-state index in [1.807, 2.05) is 18.7 Å². The molecule has 0 aliphatic carbocycles. The number of carbonyl (C=O) groups excluding carboxylic acids is 1. The highest BCUT2D eigenvalue weighted by atomic mass is 16.2. The average Bonchev–Trinajstić information content (AvgIpc) is 2.86. The molecule has 0 radical (unpaired) electrons. The first-order chi connectivity index (χ1) is 9.99. The van der Waals surface area contributed by atoms with Gasteiger partial charge >= 0.3 is 0 Å². The second-order valence-corrected chi connectivity index (χ2v) is 6.10. The largest absolute Gasteiger partial charge is 0.385 e. The van der Waals surface area contributed by atoms with Gasteiger partial charge in [0.05, 0.1) is 11.9 Å². The molecule has 1 N–H and O–H groups in total. The molecule has 1 saturated heterocycles. The predicted octanol–water partition coefficient (Wildman–Crippen LogP) is 3.04. The Balaban J connectivity index is 2.39. The Hall–Kier alpha value is -1.65. The summed E-state index contributed by atoms with van der Waals surface area (Å²) in [5.41, 5.74) is 1.21. The lowest BCUT2D eigenvalue weighted by molar-refractivity contribution is 0.0671. The molecule has 1 aliphatic rings. The minimum Gasteiger partial charge on any atom is -0.385 e. The normalized spacial score (nSPS) is 21.9. The number of nitrogens with one attached hydrogen (secondary N) is 1. The summed E-state index contributed by atoms with van der Waals surface area (Å²) in [5, 5.41) is 3.04. The number of likely N-dealkylation sites (tertiary alicyclic amines) is 1. The van der Waals surface area contributed by atoms with Gasteiger partial charge in [-0.15, -0.1) is 0 Å². The molecule has 1 aromatic heterocycles. The number of amides is 1. The molecule has 1 aliphatic heterocycles. The standard InChI is InChI=1S/C16H26N4O/c1-6-12-8-7-11(4)20(12)16(21)14-13(17-5)9-18-15(19-14)10(2)3/h9-12,17H,6-8H2,1-5H3. The third-order valence-corrected chi connectivity index (χ3v) is 4.29. The van der Waals surface area contributed by atoms with E-state index in [1.165, 1.54) is 0 Å². The van der Waals surface area contributed by atoms with Gasteiger partial charge in [0, 0.05) is 25.0 Å². The van der Waals surface area contributed by atoms with Crippen molar-refractivity contribution in [3.05, 3.63) is 17.7 Å². The fraction of sp³-hybridized carbons (Fsp3) is 0.688. The number of nitrogens with zero attached hydrogens (tertiary/aromatic N) is 3. The lowest BCUT2D eigenvalue weighted by Gasteiger charge is -2.28. The number of anilines is 1. The van der Waals surface area contributed by atoms with Crippen molar-refractivity contribution in [1.82, 2.24) is 14.9 Å². The summed E-state index contributed by atoms with van der Waals surface area (Å²) in [7, 11) is 1.80. The van der Waals surface area contributed by atoms with Crippen molar-refractivity contribution >= 4 is 11.6 Å². The predicted molar refractivity (Wildman–Crippen MR) is 84.6 cm³/mol. The molecular weight excluding hydrogens is 264 g/mol. The molecule has 5 heteroatoms. The molecular formula is C16H26N4O. The van der Waals surface area contributed by atoms with E-state index in [0.29, 0.717) is 17.4 Å². The monoisotopic (exact) mass is 290 g/mol. The zero-order valence-corrected chi connectivity index (χ0v) is 13.7. The lowest BCUT2D eigenvalue weighted by Crippen LogP contribution is -2.40. The summed E-state index contributed by atoms with van der Waals surface area (Å²) in [5.74, 6) is 0.957. The van der Waals surface area contributed by atoms with Gasteiger partial charge in [-0.2, -0.15) is 0 Å². The molecule has 1 aromatic rings. The van der Waals surface area contributed by atoms with Crippen LogP contribution < -0.4 is 5.32 Å². The molecule has 2 heterocycles. The van der Waals surface area contributed by atoms with Crippen LogP contribution in [0, 0.1) is 0 Å². The minimum absolute atomic E-state index is 0.0282. The Morgan fingerprint density at radius 3 is 2.76 bits per heavy atom. The number of aromatic nitrogens is 2. The molecule has 0 spiro atoms. The maximum atomic E-state index is 13.0. The van der Waals surface area contributed by atoms with Crippen LogP contribution in [0.15, 0.2) is 6.20 Å². The van der Waals surface area contributed by atoms with E-state index in [1.54, 1.807) is 13.2 Å². The first kappa shape index (κ1) is 15.7. The van der Waals surface area contributed by atoms with Crippen LogP contribution in [0.5, 0.6) is 0 Å². The maximum Gasteiger partial charge on any atom is 0.275 e. The Labute approximate surface area is 127 Å². The van der Waals surface area contributed by atoms with Crippen molar-refractivity contribution in [2.24, 2.45) is 0 Å². The maximum absolute atomic E-state index is 13.0. The molecule has 2 unspecified atom stereocenters. The van der Waals surface area contributed by atoms with E-state index in [-0.39, 0.29) is 17.9 Å². The van der Waals surface area contributed by atoms with Gasteiger partial charge in [-0.05, 0) is 26.2 Å². The van der Waals surface area contributed by atoms with Gasteiger partial charge in [-0.1, -0.05) is 20.8 Å². The molecule has 5 nitrogen and oxygen atoms in total. The van der Waals surface area contributed by atoms with Crippen molar-refractivity contribution in [1.29, 1.82) is 0 Å². The summed E-state index contributed by atoms with van der Waals surface area (Å²) >= 11 is 0. The Morgan fingerprint density at radius 2 is 2.19 bits per heavy atom. The second kappa shape index (κ2) is 6.41. The second-order valence-electron chi connectivity index (χ2n) is 6.10. The number of carbonyl (C=O) groups is 1. The van der Waals surface area contributed by atoms with Crippen LogP contribution in [-0.4, -0.2) is 39.9 Å². The number of hydrogen-bond donors (Lipinski definition) is 1. The van der Waals surface area contributed by atoms with E-state index in [0.717, 1.165) is 25.1 Å². The first-order valence-corrected chi connectivity index (χ1v) is 7.86. The molecule has 0 bridgehead atoms. The quantitative estimate of drug-likeness (QED) is 0.926. The molecule has 0 saturated carbocycles. The molecule has 21 heavy (non-hydrogen) atoms. The molecule has 2 atom stereocenters. The minimum atomic E-state index is 0.0282. The van der Waals surface area contributed by atoms with Gasteiger partial charge in [-0.25, -0.2) is 9.97 Å². The summed E-state index contributed by atoms with van der Waals surface area (Å²) in [6.07, 6.45) is 4.87. The van der Waals surface area contributed by atoms with Crippen molar-refractivity contribution in [3.63, 3.8) is 0 Å². The van der Waals surface area contributed by atoms with Crippen molar-refractivity contribution in [2.75, 3.05) is 12.4 Å². The molecule has 0 aromatic carbocycles. The third-order valence-electron chi connectivity index (χ3n) is 4.29. The Bertz CT molecular complexity index is 515. The van der Waals surface area contributed by atoms with Gasteiger partial charge in [0.2, 0.25) is 0 Å². The van der Waals surface area contributed by atoms with Crippen LogP contribution in [0.2, 0.25) is 0 Å². The van der Waals surface area contributed by atoms with Gasteiger partial charge in [-0.3, -0.25) is 4.79 Å². The van der Waals surface area contributed by atoms with Crippen LogP contribution in [0.3, 0.4) is 0 Å². The fourth-order valence-corrected chi connectivity index (χ4v) is 2.98. The first-order valence-electron chi connectivity index (χ1n) is 7.86. The summed E-state index contributed by atoms with van der Waals surface area (Å²) < 4.78 is 0. The van der Waals surface area contributed by atoms with E-state index in [9.17, 15) is 4.79 Å². The fourth-order valence-electron chi connectivity index (χ4n) is 2.98. The SMILES string of the molecule is CCC1CCC(C)N1C(=O)c1nc(C(C)C)ncc1NC. The highest BCUT2D eigenvalue weighted by molar-refractivity contribution is 5.98. The van der Waals surface area contributed by atoms with Crippen molar-refractivity contribution in [2.45, 2.75) is 65.0 Å². The zero-order chi connectivity index (χ0) is 15.6. The summed E-state index contributed by atoms with van der Waals surface area (Å²) in [6, 6.07) is 0.610. The van der Waals surface area contributed by atoms with E-state index in [2.05, 4.69) is 29.1 Å². The van der Waals surface area contributed by atoms with Crippen molar-refractivity contribution in [3.8, 4) is 0 Å². The van der Waals surface area contributed by atoms with Crippen LogP contribution in [-0.2, 0) is 0 Å². The number of rotatable bonds is 4. The van der Waals surface area contributed by atoms with Gasteiger partial charge < -0.3 is 10.2 Å². The van der Waals surface area contributed by atoms with Gasteiger partial charge in [0.1, 0.15) is 5.82 Å². The highest BCUT2D eigenvalue weighted by Crippen LogP contribution is 2.29. The van der Waals surface area contributed by atoms with Gasteiger partial charge in [0.25, 0.3) is 5.91 Å². The van der Waals surface area contributed by atoms with E-state index in [4.69, 9.17) is 0 Å². The molecule has 116 valence electrons. The van der Waals surface area contributed by atoms with Crippen molar-refractivity contribution < 1.29 is 4.79 Å². The lowest BCUT2D eigenvalue weighted by atomic mass is 10.1. The summed E-state index contributed by atoms with van der Waals surface area (Å²) in [6.45, 7) is 8.34. The smallest absolute Gasteiger partial charge is 0.275 e. The van der Waals surface area contributed by atoms with Crippen LogP contribution in [0.25, 0.3) is 0 Å². The molecule has 1 fully saturated rings. The molecule has 2 rings (SSSR count). The van der Waals surface area contributed by atoms with E-state index < -0.39 is 0 Å². The Morgan fingerprint density at radius 1 is 1.48 bits per heavy atom. The van der Waals surface area contributed by atoms with Crippen LogP contribution >= 0.6 is 0 Å². The average molecular weight is 290 g/mol. The topological polar surface area (TPSA) is 58.1 Å². The van der Waals surface area contributed by atoms with Gasteiger partial charge in [0.15, 0.2) is 5.69 Å². The highest BCUT2D eigenvalue weighted by Gasteiger charge is 2.35. The van der Waals surface area contributed by atoms with Crippen LogP contribution in [0.1, 0.15) is 69.2 Å². The van der Waals surface area contributed by atoms with Crippen LogP contribution in [0.4, 0.5) is 5.69 Å². The zero-order valence-electron chi connectivity index (χ0n) is 13.7. The molecule has 1 amide bonds. The van der Waals surface area contributed by atoms with E-state index >= 15 is 0 Å². The number of hydrogen-bond acceptors (Lipinski definition) is 4. The third kappa shape index (κ3) is 3.01.